The van der Waals surface area contributed by atoms with E-state index in [0.717, 1.165) is 0 Å². The van der Waals surface area contributed by atoms with E-state index in [-0.39, 0.29) is 21.7 Å². The molecule has 0 saturated heterocycles. The van der Waals surface area contributed by atoms with E-state index >= 15 is 0 Å². The minimum Gasteiger partial charge on any atom is -0.423 e. The van der Waals surface area contributed by atoms with Gasteiger partial charge in [-0.25, -0.2) is 0 Å². The van der Waals surface area contributed by atoms with Gasteiger partial charge in [0.05, 0.1) is 16.3 Å². The van der Waals surface area contributed by atoms with Crippen LogP contribution >= 0.6 is 11.6 Å². The molecular weight excluding hydrogens is 190 g/mol. The zero-order valence-electron chi connectivity index (χ0n) is 6.53. The lowest BCUT2D eigenvalue weighted by molar-refractivity contribution is 0.426. The first-order chi connectivity index (χ1) is 6.06. The molecule has 0 bridgehead atoms. The Labute approximate surface area is 80.3 Å². The van der Waals surface area contributed by atoms with Gasteiger partial charge in [-0.15, -0.1) is 0 Å². The van der Waals surface area contributed by atoms with Gasteiger partial charge in [0.2, 0.25) is 0 Å². The average molecular weight is 196 g/mol. The summed E-state index contributed by atoms with van der Waals surface area (Å²) in [5.74, 6) is 0. The van der Waals surface area contributed by atoms with E-state index in [1.165, 1.54) is 12.1 Å². The molecule has 13 heavy (non-hydrogen) atoms. The highest BCUT2D eigenvalue weighted by Crippen LogP contribution is 2.20. The maximum absolute atomic E-state index is 8.81. The van der Waals surface area contributed by atoms with Gasteiger partial charge < -0.3 is 15.8 Å². The van der Waals surface area contributed by atoms with Gasteiger partial charge in [-0.2, -0.15) is 5.26 Å². The lowest BCUT2D eigenvalue weighted by Crippen LogP contribution is -2.30. The van der Waals surface area contributed by atoms with Crippen LogP contribution in [0.5, 0.6) is 0 Å². The molecule has 1 aromatic carbocycles. The average Bonchev–Trinajstić information content (AvgIpc) is 2.09. The fourth-order valence-electron chi connectivity index (χ4n) is 0.880. The lowest BCUT2D eigenvalue weighted by atomic mass is 9.79. The van der Waals surface area contributed by atoms with Gasteiger partial charge in [-0.3, -0.25) is 0 Å². The second kappa shape index (κ2) is 3.67. The number of nitrogens with two attached hydrogens (primary N) is 1. The van der Waals surface area contributed by atoms with E-state index in [9.17, 15) is 0 Å². The molecule has 0 amide bonds. The first-order valence-electron chi connectivity index (χ1n) is 3.41. The number of benzene rings is 1. The van der Waals surface area contributed by atoms with Crippen molar-refractivity contribution < 1.29 is 10.0 Å². The summed E-state index contributed by atoms with van der Waals surface area (Å²) in [7, 11) is -1.65. The Morgan fingerprint density at radius 3 is 2.54 bits per heavy atom. The topological polar surface area (TPSA) is 90.3 Å². The van der Waals surface area contributed by atoms with E-state index in [1.54, 1.807) is 6.07 Å². The van der Waals surface area contributed by atoms with Crippen LogP contribution in [-0.4, -0.2) is 17.2 Å². The zero-order chi connectivity index (χ0) is 10.0. The highest BCUT2D eigenvalue weighted by Gasteiger charge is 2.15. The van der Waals surface area contributed by atoms with E-state index in [1.807, 2.05) is 0 Å². The molecule has 1 rings (SSSR count). The maximum atomic E-state index is 8.81. The summed E-state index contributed by atoms with van der Waals surface area (Å²) >= 11 is 5.64. The Bertz CT molecular complexity index is 375. The molecule has 0 heterocycles. The van der Waals surface area contributed by atoms with Gasteiger partial charge in [-0.1, -0.05) is 11.6 Å². The van der Waals surface area contributed by atoms with Crippen LogP contribution < -0.4 is 11.2 Å². The SMILES string of the molecule is N#Cc1cc(B(O)O)cc(Cl)c1N. The standard InChI is InChI=1S/C7H6BClN2O2/c9-6-2-5(8(12)13)1-4(3-10)7(6)11/h1-2,12-13H,11H2. The van der Waals surface area contributed by atoms with Crippen LogP contribution in [0.3, 0.4) is 0 Å². The molecule has 0 aliphatic rings. The van der Waals surface area contributed by atoms with Crippen molar-refractivity contribution in [2.24, 2.45) is 0 Å². The number of halogens is 1. The molecule has 0 radical (unpaired) electrons. The Morgan fingerprint density at radius 2 is 2.08 bits per heavy atom. The number of anilines is 1. The molecular formula is C7H6BClN2O2. The third kappa shape index (κ3) is 1.93. The Morgan fingerprint density at radius 1 is 1.46 bits per heavy atom. The largest absolute Gasteiger partial charge is 0.488 e. The van der Waals surface area contributed by atoms with Crippen molar-refractivity contribution in [3.05, 3.63) is 22.7 Å². The van der Waals surface area contributed by atoms with Gasteiger partial charge in [0.15, 0.2) is 0 Å². The Kier molecular flexibility index (Phi) is 2.78. The summed E-state index contributed by atoms with van der Waals surface area (Å²) in [6, 6.07) is 4.39. The van der Waals surface area contributed by atoms with Gasteiger partial charge in [0.25, 0.3) is 0 Å². The second-order valence-corrected chi connectivity index (χ2v) is 2.86. The van der Waals surface area contributed by atoms with Crippen molar-refractivity contribution in [1.82, 2.24) is 0 Å². The van der Waals surface area contributed by atoms with Crippen LogP contribution in [0.2, 0.25) is 5.02 Å². The number of nitriles is 1. The molecule has 0 spiro atoms. The van der Waals surface area contributed by atoms with Crippen molar-refractivity contribution in [2.75, 3.05) is 5.73 Å². The fourth-order valence-corrected chi connectivity index (χ4v) is 1.11. The van der Waals surface area contributed by atoms with Gasteiger partial charge >= 0.3 is 7.12 Å². The number of hydrogen-bond acceptors (Lipinski definition) is 4. The van der Waals surface area contributed by atoms with E-state index in [0.29, 0.717) is 0 Å². The summed E-state index contributed by atoms with van der Waals surface area (Å²) in [6.07, 6.45) is 0. The molecule has 0 aromatic heterocycles. The molecule has 0 fully saturated rings. The highest BCUT2D eigenvalue weighted by atomic mass is 35.5. The lowest BCUT2D eigenvalue weighted by Gasteiger charge is -2.04. The van der Waals surface area contributed by atoms with Crippen molar-refractivity contribution in [3.63, 3.8) is 0 Å². The monoisotopic (exact) mass is 196 g/mol. The van der Waals surface area contributed by atoms with Crippen LogP contribution in [0.1, 0.15) is 5.56 Å². The van der Waals surface area contributed by atoms with Crippen LogP contribution in [-0.2, 0) is 0 Å². The number of hydrogen-bond donors (Lipinski definition) is 3. The summed E-state index contributed by atoms with van der Waals surface area (Å²) in [5.41, 5.74) is 5.87. The summed E-state index contributed by atoms with van der Waals surface area (Å²) in [4.78, 5) is 0. The smallest absolute Gasteiger partial charge is 0.423 e. The molecule has 1 aromatic rings. The van der Waals surface area contributed by atoms with Gasteiger partial charge in [-0.05, 0) is 17.6 Å². The Balaban J connectivity index is 3.32. The molecule has 0 saturated carbocycles. The highest BCUT2D eigenvalue weighted by molar-refractivity contribution is 6.59. The second-order valence-electron chi connectivity index (χ2n) is 2.45. The zero-order valence-corrected chi connectivity index (χ0v) is 7.28. The third-order valence-corrected chi connectivity index (χ3v) is 1.88. The van der Waals surface area contributed by atoms with Crippen molar-refractivity contribution in [3.8, 4) is 6.07 Å². The quantitative estimate of drug-likeness (QED) is 0.416. The van der Waals surface area contributed by atoms with Gasteiger partial charge in [0.1, 0.15) is 6.07 Å². The van der Waals surface area contributed by atoms with Crippen LogP contribution in [0.15, 0.2) is 12.1 Å². The van der Waals surface area contributed by atoms with Crippen molar-refractivity contribution in [2.45, 2.75) is 0 Å². The number of rotatable bonds is 1. The molecule has 4 N–H and O–H groups in total. The number of nitrogens with zero attached hydrogens (tertiary/aromatic N) is 1. The first kappa shape index (κ1) is 9.87. The molecule has 0 aliphatic carbocycles. The molecule has 66 valence electrons. The van der Waals surface area contributed by atoms with Crippen LogP contribution in [0.25, 0.3) is 0 Å². The van der Waals surface area contributed by atoms with Crippen LogP contribution in [0, 0.1) is 11.3 Å². The fraction of sp³-hybridized carbons (Fsp3) is 0. The summed E-state index contributed by atoms with van der Waals surface area (Å²) in [6.45, 7) is 0. The summed E-state index contributed by atoms with van der Waals surface area (Å²) in [5, 5.41) is 26.3. The normalized spacial score (nSPS) is 9.38. The minimum atomic E-state index is -1.65. The number of nitrogen functional groups attached to an aromatic ring is 1. The predicted molar refractivity (Wildman–Crippen MR) is 50.4 cm³/mol. The minimum absolute atomic E-state index is 0.135. The van der Waals surface area contributed by atoms with Crippen LogP contribution in [0.4, 0.5) is 5.69 Å². The Hall–Kier alpha value is -1.22. The van der Waals surface area contributed by atoms with E-state index < -0.39 is 7.12 Å². The predicted octanol–water partition coefficient (Wildman–Crippen LogP) is -0.526. The molecule has 4 nitrogen and oxygen atoms in total. The molecule has 0 atom stereocenters. The maximum Gasteiger partial charge on any atom is 0.488 e. The molecule has 0 aliphatic heterocycles. The molecule has 6 heteroatoms. The molecule has 0 unspecified atom stereocenters. The third-order valence-electron chi connectivity index (χ3n) is 1.57. The van der Waals surface area contributed by atoms with Crippen molar-refractivity contribution >= 4 is 29.9 Å². The van der Waals surface area contributed by atoms with Crippen molar-refractivity contribution in [1.29, 1.82) is 5.26 Å². The van der Waals surface area contributed by atoms with E-state index in [2.05, 4.69) is 0 Å². The van der Waals surface area contributed by atoms with Gasteiger partial charge in [0, 0.05) is 0 Å². The first-order valence-corrected chi connectivity index (χ1v) is 3.79. The van der Waals surface area contributed by atoms with E-state index in [4.69, 9.17) is 32.6 Å². The summed E-state index contributed by atoms with van der Waals surface area (Å²) < 4.78 is 0.